The summed E-state index contributed by atoms with van der Waals surface area (Å²) in [7, 11) is 0. The number of fused-ring (bicyclic) bond motifs is 1. The molecule has 0 aromatic heterocycles. The van der Waals surface area contributed by atoms with Gasteiger partial charge in [-0.25, -0.2) is 0 Å². The third-order valence-corrected chi connectivity index (χ3v) is 4.89. The highest BCUT2D eigenvalue weighted by molar-refractivity contribution is 6.18. The van der Waals surface area contributed by atoms with Gasteiger partial charge >= 0.3 is 0 Å². The van der Waals surface area contributed by atoms with Crippen molar-refractivity contribution in [1.82, 2.24) is 0 Å². The summed E-state index contributed by atoms with van der Waals surface area (Å²) in [6.45, 7) is 7.06. The second kappa shape index (κ2) is 7.09. The Hall–Kier alpha value is -2.62. The molecule has 0 fully saturated rings. The highest BCUT2D eigenvalue weighted by Crippen LogP contribution is 2.38. The van der Waals surface area contributed by atoms with Crippen LogP contribution in [0.2, 0.25) is 0 Å². The lowest BCUT2D eigenvalue weighted by atomic mass is 9.97. The molecular weight excluding hydrogens is 312 g/mol. The molecule has 130 valence electrons. The smallest absolute Gasteiger partial charge is 0.241 e. The molecule has 1 atom stereocenters. The van der Waals surface area contributed by atoms with E-state index in [9.17, 15) is 9.59 Å². The molecule has 0 spiro atoms. The fourth-order valence-electron chi connectivity index (χ4n) is 3.01. The van der Waals surface area contributed by atoms with Crippen LogP contribution in [0.1, 0.15) is 27.2 Å². The number of hydrogen-bond acceptors (Lipinski definition) is 2. The summed E-state index contributed by atoms with van der Waals surface area (Å²) in [5, 5.41) is 0. The van der Waals surface area contributed by atoms with Crippen LogP contribution in [0, 0.1) is 11.8 Å². The van der Waals surface area contributed by atoms with Crippen molar-refractivity contribution in [3.05, 3.63) is 54.6 Å². The predicted molar refractivity (Wildman–Crippen MR) is 101 cm³/mol. The fraction of sp³-hybridized carbons (Fsp3) is 0.333. The van der Waals surface area contributed by atoms with Gasteiger partial charge in [0, 0.05) is 12.2 Å². The lowest BCUT2D eigenvalue weighted by Crippen LogP contribution is -2.36. The number of rotatable bonds is 4. The number of carbonyl (C=O) groups is 2. The normalized spacial score (nSPS) is 16.0. The zero-order valence-corrected chi connectivity index (χ0v) is 15.0. The van der Waals surface area contributed by atoms with Gasteiger partial charge < -0.3 is 4.90 Å². The summed E-state index contributed by atoms with van der Waals surface area (Å²) < 4.78 is 0. The minimum atomic E-state index is -0.191. The van der Waals surface area contributed by atoms with Crippen molar-refractivity contribution in [2.24, 2.45) is 11.8 Å². The number of benzene rings is 2. The van der Waals surface area contributed by atoms with Crippen LogP contribution >= 0.6 is 0 Å². The maximum absolute atomic E-state index is 12.8. The van der Waals surface area contributed by atoms with Crippen LogP contribution in [0.15, 0.2) is 54.6 Å². The Balaban J connectivity index is 2.09. The highest BCUT2D eigenvalue weighted by atomic mass is 16.2. The first kappa shape index (κ1) is 17.2. The number of carbonyl (C=O) groups excluding carboxylic acids is 2. The van der Waals surface area contributed by atoms with Crippen LogP contribution in [0.5, 0.6) is 0 Å². The van der Waals surface area contributed by atoms with Crippen molar-refractivity contribution < 1.29 is 9.59 Å². The van der Waals surface area contributed by atoms with Gasteiger partial charge in [-0.1, -0.05) is 51.1 Å². The molecule has 0 saturated carbocycles. The lowest BCUT2D eigenvalue weighted by Gasteiger charge is -2.28. The van der Waals surface area contributed by atoms with Crippen molar-refractivity contribution in [2.45, 2.75) is 27.2 Å². The van der Waals surface area contributed by atoms with Crippen molar-refractivity contribution >= 4 is 28.9 Å². The zero-order valence-electron chi connectivity index (χ0n) is 15.0. The molecule has 1 aliphatic rings. The van der Waals surface area contributed by atoms with Gasteiger partial charge in [0.1, 0.15) is 6.42 Å². The Bertz CT molecular complexity index is 770. The van der Waals surface area contributed by atoms with Crippen molar-refractivity contribution in [1.29, 1.82) is 0 Å². The standard InChI is InChI=1S/C21H24N2O2/c1-15(2)16(3)14-22-18-11-7-8-12-19(18)23(21(25)13-20(22)24)17-9-5-4-6-10-17/h4-12,15-16H,13-14H2,1-3H3. The Morgan fingerprint density at radius 2 is 1.44 bits per heavy atom. The monoisotopic (exact) mass is 336 g/mol. The number of amides is 2. The average molecular weight is 336 g/mol. The average Bonchev–Trinajstić information content (AvgIpc) is 2.70. The van der Waals surface area contributed by atoms with Gasteiger partial charge in [0.05, 0.1) is 11.4 Å². The molecule has 1 heterocycles. The van der Waals surface area contributed by atoms with E-state index < -0.39 is 0 Å². The largest absolute Gasteiger partial charge is 0.310 e. The molecule has 0 N–H and O–H groups in total. The van der Waals surface area contributed by atoms with Gasteiger partial charge in [0.2, 0.25) is 11.8 Å². The second-order valence-corrected chi connectivity index (χ2v) is 6.96. The van der Waals surface area contributed by atoms with Gasteiger partial charge in [-0.15, -0.1) is 0 Å². The summed E-state index contributed by atoms with van der Waals surface area (Å²) in [4.78, 5) is 29.1. The number of hydrogen-bond donors (Lipinski definition) is 0. The Kier molecular flexibility index (Phi) is 4.88. The highest BCUT2D eigenvalue weighted by Gasteiger charge is 2.33. The fourth-order valence-corrected chi connectivity index (χ4v) is 3.01. The van der Waals surface area contributed by atoms with Crippen LogP contribution in [-0.2, 0) is 9.59 Å². The molecule has 4 nitrogen and oxygen atoms in total. The Morgan fingerprint density at radius 3 is 2.08 bits per heavy atom. The molecule has 0 saturated heterocycles. The van der Waals surface area contributed by atoms with Crippen LogP contribution in [-0.4, -0.2) is 18.4 Å². The SMILES string of the molecule is CC(C)C(C)CN1C(=O)CC(=O)N(c2ccccc2)c2ccccc21. The number of nitrogens with zero attached hydrogens (tertiary/aromatic N) is 2. The maximum atomic E-state index is 12.8. The summed E-state index contributed by atoms with van der Waals surface area (Å²) in [6, 6.07) is 17.2. The van der Waals surface area contributed by atoms with Crippen molar-refractivity contribution in [2.75, 3.05) is 16.3 Å². The van der Waals surface area contributed by atoms with E-state index in [1.54, 1.807) is 9.80 Å². The number of para-hydroxylation sites is 3. The summed E-state index contributed by atoms with van der Waals surface area (Å²) in [5.41, 5.74) is 2.35. The minimum Gasteiger partial charge on any atom is -0.310 e. The molecule has 0 radical (unpaired) electrons. The first-order chi connectivity index (χ1) is 12.0. The van der Waals surface area contributed by atoms with E-state index in [1.807, 2.05) is 54.6 Å². The maximum Gasteiger partial charge on any atom is 0.241 e. The van der Waals surface area contributed by atoms with E-state index >= 15 is 0 Å². The first-order valence-electron chi connectivity index (χ1n) is 8.76. The van der Waals surface area contributed by atoms with E-state index in [4.69, 9.17) is 0 Å². The van der Waals surface area contributed by atoms with Gasteiger partial charge in [-0.3, -0.25) is 14.5 Å². The van der Waals surface area contributed by atoms with E-state index in [0.29, 0.717) is 18.4 Å². The molecule has 2 aromatic rings. The topological polar surface area (TPSA) is 40.6 Å². The molecule has 4 heteroatoms. The summed E-state index contributed by atoms with van der Waals surface area (Å²) >= 11 is 0. The Labute approximate surface area is 149 Å². The van der Waals surface area contributed by atoms with E-state index in [2.05, 4.69) is 20.8 Å². The molecule has 0 bridgehead atoms. The van der Waals surface area contributed by atoms with E-state index in [-0.39, 0.29) is 18.2 Å². The predicted octanol–water partition coefficient (Wildman–Crippen LogP) is 4.38. The molecule has 2 aromatic carbocycles. The lowest BCUT2D eigenvalue weighted by molar-refractivity contribution is -0.125. The first-order valence-corrected chi connectivity index (χ1v) is 8.76. The van der Waals surface area contributed by atoms with Gasteiger partial charge in [-0.2, -0.15) is 0 Å². The van der Waals surface area contributed by atoms with Crippen LogP contribution < -0.4 is 9.80 Å². The van der Waals surface area contributed by atoms with Gasteiger partial charge in [0.25, 0.3) is 0 Å². The zero-order chi connectivity index (χ0) is 18.0. The van der Waals surface area contributed by atoms with Crippen molar-refractivity contribution in [3.63, 3.8) is 0 Å². The minimum absolute atomic E-state index is 0.117. The van der Waals surface area contributed by atoms with E-state index in [1.165, 1.54) is 0 Å². The van der Waals surface area contributed by atoms with Crippen LogP contribution in [0.4, 0.5) is 17.1 Å². The van der Waals surface area contributed by atoms with E-state index in [0.717, 1.165) is 17.1 Å². The summed E-state index contributed by atoms with van der Waals surface area (Å²) in [5.74, 6) is 0.478. The third kappa shape index (κ3) is 3.43. The second-order valence-electron chi connectivity index (χ2n) is 6.96. The molecule has 0 aliphatic carbocycles. The van der Waals surface area contributed by atoms with Crippen LogP contribution in [0.25, 0.3) is 0 Å². The molecule has 2 amide bonds. The molecule has 3 rings (SSSR count). The van der Waals surface area contributed by atoms with Crippen LogP contribution in [0.3, 0.4) is 0 Å². The molecular formula is C21H24N2O2. The molecule has 25 heavy (non-hydrogen) atoms. The third-order valence-electron chi connectivity index (χ3n) is 4.89. The van der Waals surface area contributed by atoms with Gasteiger partial charge in [-0.05, 0) is 36.1 Å². The Morgan fingerprint density at radius 1 is 0.840 bits per heavy atom. The van der Waals surface area contributed by atoms with Crippen molar-refractivity contribution in [3.8, 4) is 0 Å². The molecule has 1 unspecified atom stereocenters. The summed E-state index contributed by atoms with van der Waals surface area (Å²) in [6.07, 6.45) is -0.117. The number of anilines is 3. The molecule has 1 aliphatic heterocycles. The van der Waals surface area contributed by atoms with Gasteiger partial charge in [0.15, 0.2) is 0 Å². The quantitative estimate of drug-likeness (QED) is 0.777.